The summed E-state index contributed by atoms with van der Waals surface area (Å²) >= 11 is 18.0. The second-order valence-corrected chi connectivity index (χ2v) is 6.31. The van der Waals surface area contributed by atoms with Crippen LogP contribution in [0, 0.1) is 10.1 Å². The monoisotopic (exact) mass is 418 g/mol. The second-order valence-electron chi connectivity index (χ2n) is 5.06. The maximum atomic E-state index is 11.5. The fraction of sp³-hybridized carbons (Fsp3) is 0.188. The molecule has 2 aromatic carbocycles. The minimum Gasteiger partial charge on any atom is -0.454 e. The van der Waals surface area contributed by atoms with Crippen molar-refractivity contribution in [2.24, 2.45) is 0 Å². The molecule has 0 aliphatic heterocycles. The number of rotatable bonds is 7. The number of hydrogen-bond acceptors (Lipinski definition) is 6. The van der Waals surface area contributed by atoms with Gasteiger partial charge in [-0.05, 0) is 24.6 Å². The molecule has 0 aliphatic rings. The minimum absolute atomic E-state index is 0.0573. The first kappa shape index (κ1) is 20.1. The fourth-order valence-electron chi connectivity index (χ4n) is 1.93. The van der Waals surface area contributed by atoms with Crippen LogP contribution in [0.2, 0.25) is 15.1 Å². The lowest BCUT2D eigenvalue weighted by molar-refractivity contribution is -0.384. The molecule has 0 bridgehead atoms. The number of nitrogens with one attached hydrogen (secondary N) is 1. The SMILES string of the molecule is CCCC(=O)ONc1cc(Oc2c(Cl)cc(Cl)cc2Cl)ccc1[N+](=O)[O-]. The van der Waals surface area contributed by atoms with Crippen molar-refractivity contribution in [2.75, 3.05) is 5.48 Å². The van der Waals surface area contributed by atoms with Gasteiger partial charge in [0.05, 0.1) is 15.0 Å². The van der Waals surface area contributed by atoms with Gasteiger partial charge in [0.2, 0.25) is 0 Å². The Morgan fingerprint density at radius 3 is 2.42 bits per heavy atom. The lowest BCUT2D eigenvalue weighted by Crippen LogP contribution is -2.11. The van der Waals surface area contributed by atoms with Crippen molar-refractivity contribution >= 4 is 52.1 Å². The molecule has 1 N–H and O–H groups in total. The van der Waals surface area contributed by atoms with Crippen molar-refractivity contribution in [1.29, 1.82) is 0 Å². The highest BCUT2D eigenvalue weighted by Gasteiger charge is 2.18. The van der Waals surface area contributed by atoms with E-state index in [1.54, 1.807) is 6.92 Å². The highest BCUT2D eigenvalue weighted by molar-refractivity contribution is 6.40. The molecule has 0 atom stereocenters. The summed E-state index contributed by atoms with van der Waals surface area (Å²) in [5.74, 6) is -0.215. The molecule has 0 saturated carbocycles. The van der Waals surface area contributed by atoms with Gasteiger partial charge in [0, 0.05) is 23.6 Å². The van der Waals surface area contributed by atoms with E-state index >= 15 is 0 Å². The van der Waals surface area contributed by atoms with Crippen LogP contribution in [0.25, 0.3) is 0 Å². The molecule has 0 spiro atoms. The van der Waals surface area contributed by atoms with E-state index in [1.165, 1.54) is 30.3 Å². The number of hydrogen-bond donors (Lipinski definition) is 1. The van der Waals surface area contributed by atoms with Crippen LogP contribution >= 0.6 is 34.8 Å². The largest absolute Gasteiger partial charge is 0.454 e. The van der Waals surface area contributed by atoms with Gasteiger partial charge in [-0.2, -0.15) is 0 Å². The number of anilines is 1. The third-order valence-corrected chi connectivity index (χ3v) is 3.86. The molecule has 0 heterocycles. The molecule has 7 nitrogen and oxygen atoms in total. The van der Waals surface area contributed by atoms with Gasteiger partial charge in [-0.15, -0.1) is 0 Å². The Morgan fingerprint density at radius 1 is 1.19 bits per heavy atom. The van der Waals surface area contributed by atoms with Crippen molar-refractivity contribution in [3.8, 4) is 11.5 Å². The highest BCUT2D eigenvalue weighted by atomic mass is 35.5. The average Bonchev–Trinajstić information content (AvgIpc) is 2.56. The van der Waals surface area contributed by atoms with Gasteiger partial charge in [0.25, 0.3) is 5.69 Å². The van der Waals surface area contributed by atoms with E-state index in [1.807, 2.05) is 0 Å². The van der Waals surface area contributed by atoms with Crippen molar-refractivity contribution < 1.29 is 19.3 Å². The standard InChI is InChI=1S/C16H13Cl3N2O5/c1-2-3-15(22)26-20-13-8-10(4-5-14(13)21(23)24)25-16-11(18)6-9(17)7-12(16)19/h4-8,20H,2-3H2,1H3. The Bertz CT molecular complexity index is 822. The summed E-state index contributed by atoms with van der Waals surface area (Å²) in [5.41, 5.74) is 1.93. The zero-order chi connectivity index (χ0) is 19.3. The Morgan fingerprint density at radius 2 is 1.85 bits per heavy atom. The van der Waals surface area contributed by atoms with Gasteiger partial charge < -0.3 is 9.57 Å². The molecule has 26 heavy (non-hydrogen) atoms. The van der Waals surface area contributed by atoms with Gasteiger partial charge in [-0.25, -0.2) is 10.3 Å². The van der Waals surface area contributed by atoms with Crippen LogP contribution in [0.4, 0.5) is 11.4 Å². The predicted molar refractivity (Wildman–Crippen MR) is 99.3 cm³/mol. The smallest absolute Gasteiger partial charge is 0.332 e. The molecule has 0 radical (unpaired) electrons. The molecule has 2 rings (SSSR count). The molecule has 0 fully saturated rings. The van der Waals surface area contributed by atoms with Gasteiger partial charge in [-0.1, -0.05) is 41.7 Å². The lowest BCUT2D eigenvalue weighted by Gasteiger charge is -2.12. The third-order valence-electron chi connectivity index (χ3n) is 3.08. The number of nitrogens with zero attached hydrogens (tertiary/aromatic N) is 1. The lowest BCUT2D eigenvalue weighted by atomic mass is 10.2. The molecule has 2 aromatic rings. The van der Waals surface area contributed by atoms with Gasteiger partial charge in [0.1, 0.15) is 5.75 Å². The average molecular weight is 420 g/mol. The van der Waals surface area contributed by atoms with Crippen molar-refractivity contribution in [1.82, 2.24) is 0 Å². The summed E-state index contributed by atoms with van der Waals surface area (Å²) in [7, 11) is 0. The summed E-state index contributed by atoms with van der Waals surface area (Å²) < 4.78 is 5.60. The number of halogens is 3. The van der Waals surface area contributed by atoms with Crippen LogP contribution < -0.4 is 10.2 Å². The van der Waals surface area contributed by atoms with Crippen LogP contribution in [-0.2, 0) is 9.63 Å². The predicted octanol–water partition coefficient (Wildman–Crippen LogP) is 6.02. The summed E-state index contributed by atoms with van der Waals surface area (Å²) in [6, 6.07) is 6.74. The van der Waals surface area contributed by atoms with Crippen LogP contribution in [-0.4, -0.2) is 10.9 Å². The number of benzene rings is 2. The zero-order valence-corrected chi connectivity index (χ0v) is 15.7. The quantitative estimate of drug-likeness (QED) is 0.436. The summed E-state index contributed by atoms with van der Waals surface area (Å²) in [6.07, 6.45) is 0.756. The molecule has 0 saturated heterocycles. The normalized spacial score (nSPS) is 10.3. The van der Waals surface area contributed by atoms with Crippen LogP contribution in [0.15, 0.2) is 30.3 Å². The Hall–Kier alpha value is -2.22. The van der Waals surface area contributed by atoms with Crippen molar-refractivity contribution in [3.05, 3.63) is 55.5 Å². The Kier molecular flexibility index (Phi) is 6.90. The maximum Gasteiger partial charge on any atom is 0.332 e. The van der Waals surface area contributed by atoms with Crippen molar-refractivity contribution in [2.45, 2.75) is 19.8 Å². The van der Waals surface area contributed by atoms with Gasteiger partial charge in [-0.3, -0.25) is 10.1 Å². The highest BCUT2D eigenvalue weighted by Crippen LogP contribution is 2.40. The van der Waals surface area contributed by atoms with E-state index < -0.39 is 10.9 Å². The van der Waals surface area contributed by atoms with Crippen LogP contribution in [0.3, 0.4) is 0 Å². The molecule has 0 aliphatic carbocycles. The molecule has 0 amide bonds. The molecule has 0 aromatic heterocycles. The fourth-order valence-corrected chi connectivity index (χ4v) is 2.83. The summed E-state index contributed by atoms with van der Waals surface area (Å²) in [4.78, 5) is 26.8. The minimum atomic E-state index is -0.623. The van der Waals surface area contributed by atoms with Gasteiger partial charge >= 0.3 is 5.97 Å². The third kappa shape index (κ3) is 5.14. The van der Waals surface area contributed by atoms with Gasteiger partial charge in [0.15, 0.2) is 11.4 Å². The van der Waals surface area contributed by atoms with E-state index in [-0.39, 0.29) is 39.3 Å². The van der Waals surface area contributed by atoms with E-state index in [0.29, 0.717) is 11.4 Å². The first-order chi connectivity index (χ1) is 12.3. The van der Waals surface area contributed by atoms with Crippen molar-refractivity contribution in [3.63, 3.8) is 0 Å². The summed E-state index contributed by atoms with van der Waals surface area (Å²) in [5, 5.41) is 11.8. The number of ether oxygens (including phenoxy) is 1. The summed E-state index contributed by atoms with van der Waals surface area (Å²) in [6.45, 7) is 1.80. The molecule has 10 heteroatoms. The number of nitro benzene ring substituents is 1. The molecule has 138 valence electrons. The number of carbonyl (C=O) groups excluding carboxylic acids is 1. The van der Waals surface area contributed by atoms with E-state index in [9.17, 15) is 14.9 Å². The number of carbonyl (C=O) groups is 1. The first-order valence-electron chi connectivity index (χ1n) is 7.38. The Labute approximate surface area is 163 Å². The maximum absolute atomic E-state index is 11.5. The second kappa shape index (κ2) is 8.93. The Balaban J connectivity index is 2.29. The number of nitro groups is 1. The molecular formula is C16H13Cl3N2O5. The first-order valence-corrected chi connectivity index (χ1v) is 8.51. The van der Waals surface area contributed by atoms with E-state index in [0.717, 1.165) is 0 Å². The van der Waals surface area contributed by atoms with Crippen LogP contribution in [0.1, 0.15) is 19.8 Å². The van der Waals surface area contributed by atoms with Crippen LogP contribution in [0.5, 0.6) is 11.5 Å². The molecule has 0 unspecified atom stereocenters. The van der Waals surface area contributed by atoms with E-state index in [4.69, 9.17) is 44.4 Å². The van der Waals surface area contributed by atoms with E-state index in [2.05, 4.69) is 5.48 Å². The zero-order valence-electron chi connectivity index (χ0n) is 13.4. The molecular weight excluding hydrogens is 407 g/mol. The topological polar surface area (TPSA) is 90.7 Å².